The van der Waals surface area contributed by atoms with Crippen molar-refractivity contribution in [3.05, 3.63) is 30.1 Å². The van der Waals surface area contributed by atoms with Gasteiger partial charge < -0.3 is 20.3 Å². The van der Waals surface area contributed by atoms with Gasteiger partial charge in [0.2, 0.25) is 0 Å². The molecule has 1 aromatic rings. The first kappa shape index (κ1) is 18.5. The largest absolute Gasteiger partial charge is 0.376 e. The molecule has 0 amide bonds. The molecule has 0 aromatic heterocycles. The number of hydrogen-bond donors (Lipinski definition) is 2. The molecule has 1 unspecified atom stereocenters. The quantitative estimate of drug-likeness (QED) is 0.435. The molecule has 0 radical (unpaired) electrons. The van der Waals surface area contributed by atoms with E-state index in [0.717, 1.165) is 57.2 Å². The molecule has 1 heterocycles. The van der Waals surface area contributed by atoms with Gasteiger partial charge in [0.05, 0.1) is 12.6 Å². The van der Waals surface area contributed by atoms with Crippen molar-refractivity contribution < 1.29 is 9.13 Å². The highest BCUT2D eigenvalue weighted by Gasteiger charge is 2.14. The predicted octanol–water partition coefficient (Wildman–Crippen LogP) is 2.39. The van der Waals surface area contributed by atoms with E-state index in [9.17, 15) is 4.39 Å². The maximum absolute atomic E-state index is 13.2. The van der Waals surface area contributed by atoms with E-state index in [0.29, 0.717) is 6.54 Å². The molecule has 1 aliphatic heterocycles. The van der Waals surface area contributed by atoms with Crippen molar-refractivity contribution >= 4 is 11.6 Å². The highest BCUT2D eigenvalue weighted by atomic mass is 19.1. The summed E-state index contributed by atoms with van der Waals surface area (Å²) in [6, 6.07) is 6.68. The third-order valence-electron chi connectivity index (χ3n) is 4.03. The molecule has 0 saturated carbocycles. The molecule has 1 fully saturated rings. The van der Waals surface area contributed by atoms with Crippen molar-refractivity contribution in [2.45, 2.75) is 32.3 Å². The van der Waals surface area contributed by atoms with E-state index in [-0.39, 0.29) is 11.9 Å². The molecule has 1 saturated heterocycles. The Labute approximate surface area is 144 Å². The van der Waals surface area contributed by atoms with Crippen molar-refractivity contribution in [2.24, 2.45) is 4.99 Å². The second kappa shape index (κ2) is 10.1. The number of halogens is 1. The maximum atomic E-state index is 13.2. The minimum Gasteiger partial charge on any atom is -0.376 e. The van der Waals surface area contributed by atoms with Gasteiger partial charge in [-0.1, -0.05) is 6.07 Å². The van der Waals surface area contributed by atoms with E-state index in [4.69, 9.17) is 4.74 Å². The van der Waals surface area contributed by atoms with Crippen LogP contribution in [0.25, 0.3) is 0 Å². The zero-order chi connectivity index (χ0) is 17.2. The number of rotatable bonds is 8. The smallest absolute Gasteiger partial charge is 0.191 e. The summed E-state index contributed by atoms with van der Waals surface area (Å²) in [6.07, 6.45) is 3.44. The Kier molecular flexibility index (Phi) is 7.82. The van der Waals surface area contributed by atoms with E-state index in [1.807, 2.05) is 13.1 Å². The number of aliphatic imine (C=N–C) groups is 1. The standard InChI is InChI=1S/C18H29FN4O/c1-3-20-18(22-14-17-9-5-12-24-17)21-10-6-11-23(2)16-8-4-7-15(19)13-16/h4,7-8,13,17H,3,5-6,9-12,14H2,1-2H3,(H2,20,21,22). The zero-order valence-corrected chi connectivity index (χ0v) is 14.7. The Morgan fingerprint density at radius 2 is 2.29 bits per heavy atom. The Bertz CT molecular complexity index is 517. The second-order valence-electron chi connectivity index (χ2n) is 6.04. The van der Waals surface area contributed by atoms with Gasteiger partial charge in [0, 0.05) is 39.0 Å². The average Bonchev–Trinajstić information content (AvgIpc) is 3.09. The summed E-state index contributed by atoms with van der Waals surface area (Å²) in [5.74, 6) is 0.634. The van der Waals surface area contributed by atoms with Crippen LogP contribution in [0.5, 0.6) is 0 Å². The third kappa shape index (κ3) is 6.35. The number of anilines is 1. The first-order chi connectivity index (χ1) is 11.7. The number of guanidine groups is 1. The number of hydrogen-bond acceptors (Lipinski definition) is 3. The van der Waals surface area contributed by atoms with Crippen LogP contribution < -0.4 is 15.5 Å². The lowest BCUT2D eigenvalue weighted by Crippen LogP contribution is -2.39. The molecule has 0 aliphatic carbocycles. The van der Waals surface area contributed by atoms with Crippen LogP contribution in [-0.4, -0.2) is 51.9 Å². The lowest BCUT2D eigenvalue weighted by atomic mass is 10.2. The Hall–Kier alpha value is -1.82. The molecular weight excluding hydrogens is 307 g/mol. The SMILES string of the molecule is CCNC(=NCC1CCCO1)NCCCN(C)c1cccc(F)c1. The van der Waals surface area contributed by atoms with Crippen LogP contribution in [0, 0.1) is 5.82 Å². The lowest BCUT2D eigenvalue weighted by Gasteiger charge is -2.20. The summed E-state index contributed by atoms with van der Waals surface area (Å²) < 4.78 is 18.8. The minimum atomic E-state index is -0.201. The van der Waals surface area contributed by atoms with E-state index < -0.39 is 0 Å². The van der Waals surface area contributed by atoms with Gasteiger partial charge in [-0.2, -0.15) is 0 Å². The van der Waals surface area contributed by atoms with Crippen molar-refractivity contribution in [1.29, 1.82) is 0 Å². The van der Waals surface area contributed by atoms with Crippen molar-refractivity contribution in [3.63, 3.8) is 0 Å². The summed E-state index contributed by atoms with van der Waals surface area (Å²) >= 11 is 0. The van der Waals surface area contributed by atoms with Crippen LogP contribution in [0.1, 0.15) is 26.2 Å². The molecule has 1 aromatic carbocycles. The van der Waals surface area contributed by atoms with Gasteiger partial charge in [-0.05, 0) is 44.4 Å². The normalized spacial score (nSPS) is 17.8. The fraction of sp³-hybridized carbons (Fsp3) is 0.611. The Balaban J connectivity index is 1.70. The van der Waals surface area contributed by atoms with Gasteiger partial charge in [0.1, 0.15) is 5.82 Å². The fourth-order valence-electron chi connectivity index (χ4n) is 2.69. The summed E-state index contributed by atoms with van der Waals surface area (Å²) in [6.45, 7) is 6.12. The van der Waals surface area contributed by atoms with Crippen LogP contribution in [0.3, 0.4) is 0 Å². The molecule has 1 aliphatic rings. The summed E-state index contributed by atoms with van der Waals surface area (Å²) in [5.41, 5.74) is 0.897. The first-order valence-electron chi connectivity index (χ1n) is 8.79. The van der Waals surface area contributed by atoms with Crippen molar-refractivity contribution in [3.8, 4) is 0 Å². The summed E-state index contributed by atoms with van der Waals surface area (Å²) in [5, 5.41) is 6.60. The number of ether oxygens (including phenoxy) is 1. The molecular formula is C18H29FN4O. The fourth-order valence-corrected chi connectivity index (χ4v) is 2.69. The second-order valence-corrected chi connectivity index (χ2v) is 6.04. The molecule has 0 bridgehead atoms. The highest BCUT2D eigenvalue weighted by molar-refractivity contribution is 5.79. The van der Waals surface area contributed by atoms with Gasteiger partial charge in [-0.15, -0.1) is 0 Å². The van der Waals surface area contributed by atoms with Gasteiger partial charge in [0.25, 0.3) is 0 Å². The number of nitrogens with zero attached hydrogens (tertiary/aromatic N) is 2. The van der Waals surface area contributed by atoms with Crippen LogP contribution in [0.2, 0.25) is 0 Å². The molecule has 5 nitrogen and oxygen atoms in total. The van der Waals surface area contributed by atoms with E-state index in [2.05, 4.69) is 27.4 Å². The van der Waals surface area contributed by atoms with E-state index in [1.165, 1.54) is 6.07 Å². The van der Waals surface area contributed by atoms with Crippen molar-refractivity contribution in [2.75, 3.05) is 44.7 Å². The molecule has 0 spiro atoms. The number of nitrogens with one attached hydrogen (secondary N) is 2. The Morgan fingerprint density at radius 1 is 1.42 bits per heavy atom. The molecule has 1 atom stereocenters. The van der Waals surface area contributed by atoms with Crippen molar-refractivity contribution in [1.82, 2.24) is 10.6 Å². The monoisotopic (exact) mass is 336 g/mol. The summed E-state index contributed by atoms with van der Waals surface area (Å²) in [7, 11) is 1.98. The molecule has 24 heavy (non-hydrogen) atoms. The van der Waals surface area contributed by atoms with Gasteiger partial charge in [-0.25, -0.2) is 4.39 Å². The number of benzene rings is 1. The topological polar surface area (TPSA) is 48.9 Å². The molecule has 134 valence electrons. The lowest BCUT2D eigenvalue weighted by molar-refractivity contribution is 0.117. The average molecular weight is 336 g/mol. The predicted molar refractivity (Wildman–Crippen MR) is 97.2 cm³/mol. The van der Waals surface area contributed by atoms with Gasteiger partial charge in [0.15, 0.2) is 5.96 Å². The van der Waals surface area contributed by atoms with Gasteiger partial charge in [-0.3, -0.25) is 4.99 Å². The third-order valence-corrected chi connectivity index (χ3v) is 4.03. The van der Waals surface area contributed by atoms with Crippen LogP contribution in [0.15, 0.2) is 29.3 Å². The Morgan fingerprint density at radius 3 is 3.00 bits per heavy atom. The van der Waals surface area contributed by atoms with Crippen LogP contribution in [-0.2, 0) is 4.74 Å². The van der Waals surface area contributed by atoms with Gasteiger partial charge >= 0.3 is 0 Å². The minimum absolute atomic E-state index is 0.201. The molecule has 6 heteroatoms. The van der Waals surface area contributed by atoms with Crippen LogP contribution in [0.4, 0.5) is 10.1 Å². The molecule has 2 rings (SSSR count). The zero-order valence-electron chi connectivity index (χ0n) is 14.7. The summed E-state index contributed by atoms with van der Waals surface area (Å²) in [4.78, 5) is 6.64. The van der Waals surface area contributed by atoms with Crippen LogP contribution >= 0.6 is 0 Å². The highest BCUT2D eigenvalue weighted by Crippen LogP contribution is 2.14. The van der Waals surface area contributed by atoms with E-state index in [1.54, 1.807) is 12.1 Å². The first-order valence-corrected chi connectivity index (χ1v) is 8.79. The molecule has 2 N–H and O–H groups in total. The maximum Gasteiger partial charge on any atom is 0.191 e. The van der Waals surface area contributed by atoms with E-state index >= 15 is 0 Å².